The number of hydrogen-bond acceptors (Lipinski definition) is 11. The van der Waals surface area contributed by atoms with E-state index in [1.165, 1.54) is 44.1 Å². The van der Waals surface area contributed by atoms with Gasteiger partial charge in [0, 0.05) is 66.2 Å². The number of aromatic nitrogens is 2. The molecule has 9 rings (SSSR count). The number of carbonyl (C=O) groups is 1. The van der Waals surface area contributed by atoms with Crippen molar-refractivity contribution in [2.75, 3.05) is 31.6 Å². The van der Waals surface area contributed by atoms with Crippen LogP contribution in [0.15, 0.2) is 46.5 Å². The molecule has 0 unspecified atom stereocenters. The van der Waals surface area contributed by atoms with Crippen LogP contribution in [0.25, 0.3) is 0 Å². The molecule has 1 aromatic heterocycles. The van der Waals surface area contributed by atoms with E-state index in [-0.39, 0.29) is 65.1 Å². The first-order chi connectivity index (χ1) is 31.4. The van der Waals surface area contributed by atoms with Crippen molar-refractivity contribution in [1.29, 1.82) is 0 Å². The molecular weight excluding hydrogens is 869 g/mol. The normalized spacial score (nSPS) is 45.3. The second-order valence-electron chi connectivity index (χ2n) is 23.9. The number of nitrogens with zero attached hydrogens (tertiary/aromatic N) is 3. The van der Waals surface area contributed by atoms with Gasteiger partial charge in [-0.3, -0.25) is 9.79 Å². The van der Waals surface area contributed by atoms with Crippen LogP contribution in [-0.4, -0.2) is 109 Å². The summed E-state index contributed by atoms with van der Waals surface area (Å²) in [4.78, 5) is 24.5. The molecule has 6 saturated carbocycles. The largest absolute Gasteiger partial charge is 0.392 e. The number of aliphatic imine (C=N–C) groups is 1. The van der Waals surface area contributed by atoms with Crippen LogP contribution < -0.4 is 16.4 Å². The minimum atomic E-state index is -1.38. The molecule has 1 spiro atoms. The van der Waals surface area contributed by atoms with E-state index >= 15 is 4.79 Å². The molecule has 0 aromatic carbocycles. The zero-order chi connectivity index (χ0) is 47.0. The molecule has 0 radical (unpaired) electrons. The summed E-state index contributed by atoms with van der Waals surface area (Å²) >= 11 is 0. The monoisotopic (exact) mass is 951 g/mol. The van der Waals surface area contributed by atoms with Gasteiger partial charge in [-0.25, -0.2) is 4.98 Å². The van der Waals surface area contributed by atoms with E-state index in [1.807, 2.05) is 41.2 Å². The van der Waals surface area contributed by atoms with E-state index < -0.39 is 52.8 Å². The third kappa shape index (κ3) is 8.20. The fourth-order valence-electron chi connectivity index (χ4n) is 17.3. The van der Waals surface area contributed by atoms with Gasteiger partial charge in [0.2, 0.25) is 0 Å². The van der Waals surface area contributed by atoms with E-state index in [1.54, 1.807) is 18.6 Å². The average Bonchev–Trinajstić information content (AvgIpc) is 3.98. The van der Waals surface area contributed by atoms with E-state index in [9.17, 15) is 25.5 Å². The summed E-state index contributed by atoms with van der Waals surface area (Å²) in [5, 5.41) is 67.4. The van der Waals surface area contributed by atoms with Crippen molar-refractivity contribution in [3.63, 3.8) is 0 Å². The summed E-state index contributed by atoms with van der Waals surface area (Å²) in [5.74, 6) is -0.321. The first kappa shape index (κ1) is 49.1. The molecule has 7 aliphatic carbocycles. The Hall–Kier alpha value is -1.91. The van der Waals surface area contributed by atoms with Crippen molar-refractivity contribution < 1.29 is 30.3 Å². The third-order valence-corrected chi connectivity index (χ3v) is 22.4. The van der Waals surface area contributed by atoms with Crippen LogP contribution in [0, 0.1) is 69.0 Å². The van der Waals surface area contributed by atoms with Crippen LogP contribution in [0.2, 0.25) is 0 Å². The summed E-state index contributed by atoms with van der Waals surface area (Å²) in [6.07, 6.45) is 19.3. The van der Waals surface area contributed by atoms with Gasteiger partial charge in [-0.15, -0.1) is 0 Å². The third-order valence-electron chi connectivity index (χ3n) is 19.9. The number of rotatable bonds is 6. The van der Waals surface area contributed by atoms with Gasteiger partial charge in [-0.05, 0) is 149 Å². The zero-order valence-corrected chi connectivity index (χ0v) is 42.3. The highest BCUT2D eigenvalue weighted by Gasteiger charge is 2.76. The minimum absolute atomic E-state index is 0.0261. The zero-order valence-electron chi connectivity index (χ0n) is 40.6. The first-order valence-corrected chi connectivity index (χ1v) is 28.2. The number of nitrogens with one attached hydrogen (secondary N) is 2. The Morgan fingerprint density at radius 1 is 0.985 bits per heavy atom. The molecule has 1 aromatic rings. The molecule has 1 saturated heterocycles. The Balaban J connectivity index is 1.20. The van der Waals surface area contributed by atoms with Crippen molar-refractivity contribution in [3.8, 4) is 0 Å². The van der Waals surface area contributed by atoms with Gasteiger partial charge in [0.1, 0.15) is 6.23 Å². The summed E-state index contributed by atoms with van der Waals surface area (Å²) in [6.45, 7) is 11.6. The summed E-state index contributed by atoms with van der Waals surface area (Å²) in [6, 6.07) is 0.189. The van der Waals surface area contributed by atoms with E-state index in [0.29, 0.717) is 30.7 Å². The number of imidazole rings is 1. The number of nitrogens with two attached hydrogens (primary N) is 1. The Morgan fingerprint density at radius 3 is 2.44 bits per heavy atom. The smallest absolute Gasteiger partial charge is 0.190 e. The Kier molecular flexibility index (Phi) is 13.9. The quantitative estimate of drug-likeness (QED) is 0.0490. The molecule has 66 heavy (non-hydrogen) atoms. The van der Waals surface area contributed by atoms with Crippen LogP contribution in [0.3, 0.4) is 0 Å². The standard InChI is InChI=1S/C52H82N6O6S2/c1-30(59)57-47(53)56-26-35-37-13-9-12-34-39-19-32(52(64,50(37,39)5)40-21-42(61)45-36(25-54-6)46(63)43(62)24-49(45,4)44(35)40)27-65-66-28-33(58-18-17-55-29-58)23-48(2,3)38(20-41(34)60)31-11-10-16-51(22-31)14-7-8-15-51/h17-18,21,29-30,32-37,39,41,43-46,54,59-60,62-64H,7-16,19-20,22-28H2,1-6H3,(H3,53,56,57)/b38-31+/t30-,32-,33-,34+,35-,36-,37+,39-,41-,43+,44+,45+,46-,49-,50-,52-/m1/s1. The number of hydrogen-bond donors (Lipinski definition) is 8. The predicted molar refractivity (Wildman–Crippen MR) is 264 cm³/mol. The van der Waals surface area contributed by atoms with Gasteiger partial charge < -0.3 is 46.5 Å². The van der Waals surface area contributed by atoms with Crippen LogP contribution in [0.5, 0.6) is 0 Å². The molecular formula is C52H82N6O6S2. The maximum Gasteiger partial charge on any atom is 0.190 e. The average molecular weight is 951 g/mol. The van der Waals surface area contributed by atoms with Gasteiger partial charge >= 0.3 is 0 Å². The molecule has 7 fully saturated rings. The Bertz CT molecular complexity index is 2020. The fraction of sp³-hybridized carbons (Fsp3) is 0.827. The maximum atomic E-state index is 15.1. The lowest BCUT2D eigenvalue weighted by molar-refractivity contribution is -0.198. The van der Waals surface area contributed by atoms with Crippen molar-refractivity contribution in [2.24, 2.45) is 79.7 Å². The molecule has 1 aliphatic heterocycles. The van der Waals surface area contributed by atoms with Crippen molar-refractivity contribution >= 4 is 33.3 Å². The molecule has 14 heteroatoms. The molecule has 2 bridgehead atoms. The highest BCUT2D eigenvalue weighted by Crippen LogP contribution is 2.75. The van der Waals surface area contributed by atoms with Gasteiger partial charge in [-0.1, -0.05) is 79.7 Å². The molecule has 8 aliphatic rings. The number of fused-ring (bicyclic) bond motifs is 6. The van der Waals surface area contributed by atoms with Crippen LogP contribution in [0.1, 0.15) is 137 Å². The molecule has 16 atom stereocenters. The number of aliphatic hydroxyl groups excluding tert-OH is 4. The first-order valence-electron chi connectivity index (χ1n) is 25.7. The topological polar surface area (TPSA) is 198 Å². The van der Waals surface area contributed by atoms with E-state index in [2.05, 4.69) is 54.1 Å². The van der Waals surface area contributed by atoms with Crippen LogP contribution in [0.4, 0.5) is 0 Å². The predicted octanol–water partition coefficient (Wildman–Crippen LogP) is 6.79. The SMILES string of the molecule is CNC[C@H]1[C@@H](O)[C@@H](O)C[C@@]2(C)[C@@H]1C(=O)C=C1[C@@H]2[C@H](CN=C(N)N[C@@H](C)O)[C@@H]2CCC[C@@H]3[C@H](O)C/C(=C4/CCCC5(CCCC5)C4)C(C)(C)C[C@@H](n4ccnc4)CSSC[C@H]4C[C@H]3[C@]2(C)[C@]14O. The number of carbonyl (C=O) groups excluding carboxylic acids is 1. The highest BCUT2D eigenvalue weighted by atomic mass is 33.1. The van der Waals surface area contributed by atoms with E-state index in [4.69, 9.17) is 10.7 Å². The lowest BCUT2D eigenvalue weighted by atomic mass is 9.39. The molecule has 2 heterocycles. The van der Waals surface area contributed by atoms with Gasteiger partial charge in [0.05, 0.1) is 30.2 Å². The number of ketones is 1. The fourth-order valence-corrected chi connectivity index (χ4v) is 20.0. The summed E-state index contributed by atoms with van der Waals surface area (Å²) in [7, 11) is 5.54. The lowest BCUT2D eigenvalue weighted by Gasteiger charge is -2.66. The maximum absolute atomic E-state index is 15.1. The molecule has 0 amide bonds. The second kappa shape index (κ2) is 18.7. The molecule has 368 valence electrons. The summed E-state index contributed by atoms with van der Waals surface area (Å²) < 4.78 is 2.28. The van der Waals surface area contributed by atoms with Crippen molar-refractivity contribution in [1.82, 2.24) is 20.2 Å². The van der Waals surface area contributed by atoms with Crippen LogP contribution in [-0.2, 0) is 4.79 Å². The van der Waals surface area contributed by atoms with Gasteiger partial charge in [0.25, 0.3) is 0 Å². The van der Waals surface area contributed by atoms with Crippen LogP contribution >= 0.6 is 21.6 Å². The Labute approximate surface area is 402 Å². The highest BCUT2D eigenvalue weighted by molar-refractivity contribution is 8.76. The van der Waals surface area contributed by atoms with Gasteiger partial charge in [0.15, 0.2) is 11.7 Å². The summed E-state index contributed by atoms with van der Waals surface area (Å²) in [5.41, 5.74) is 7.62. The van der Waals surface area contributed by atoms with E-state index in [0.717, 1.165) is 56.3 Å². The van der Waals surface area contributed by atoms with Crippen molar-refractivity contribution in [2.45, 2.75) is 167 Å². The molecule has 9 N–H and O–H groups in total. The minimum Gasteiger partial charge on any atom is -0.392 e. The lowest BCUT2D eigenvalue weighted by Crippen LogP contribution is -2.69. The second-order valence-corrected chi connectivity index (χ2v) is 26.4. The Morgan fingerprint density at radius 2 is 1.73 bits per heavy atom. The molecule has 12 nitrogen and oxygen atoms in total. The number of guanidine groups is 1. The number of allylic oxidation sites excluding steroid dienone is 2. The van der Waals surface area contributed by atoms with Gasteiger partial charge in [-0.2, -0.15) is 0 Å². The van der Waals surface area contributed by atoms with Crippen molar-refractivity contribution in [3.05, 3.63) is 41.5 Å². The number of aliphatic hydroxyl groups is 5.